The number of carbonyl (C=O) groups excluding carboxylic acids is 3. The van der Waals surface area contributed by atoms with Gasteiger partial charge in [-0.05, 0) is 96.3 Å². The molecule has 0 bridgehead atoms. The highest BCUT2D eigenvalue weighted by Gasteiger charge is 2.22. The van der Waals surface area contributed by atoms with E-state index in [4.69, 9.17) is 18.9 Å². The summed E-state index contributed by atoms with van der Waals surface area (Å²) in [7, 11) is 5.91. The van der Waals surface area contributed by atoms with Gasteiger partial charge in [-0.3, -0.25) is 9.59 Å². The van der Waals surface area contributed by atoms with Crippen LogP contribution in [0.3, 0.4) is 0 Å². The molecule has 0 saturated carbocycles. The van der Waals surface area contributed by atoms with E-state index in [0.717, 1.165) is 109 Å². The number of likely N-dealkylation sites (N-methyl/N-ethyl adjacent to an activating group) is 1. The molecule has 0 aliphatic rings. The number of rotatable bonds is 63. The summed E-state index contributed by atoms with van der Waals surface area (Å²) in [5.41, 5.74) is 0. The van der Waals surface area contributed by atoms with Crippen molar-refractivity contribution in [2.75, 3.05) is 47.5 Å². The van der Waals surface area contributed by atoms with E-state index in [1.807, 2.05) is 21.1 Å². The van der Waals surface area contributed by atoms with Gasteiger partial charge in [0.2, 0.25) is 0 Å². The first-order valence-corrected chi connectivity index (χ1v) is 34.8. The second-order valence-electron chi connectivity index (χ2n) is 24.1. The largest absolute Gasteiger partial charge is 0.545 e. The quantitative estimate of drug-likeness (QED) is 0.0195. The summed E-state index contributed by atoms with van der Waals surface area (Å²) in [5.74, 6) is -2.33. The van der Waals surface area contributed by atoms with Crippen LogP contribution in [0.5, 0.6) is 0 Å². The minimum Gasteiger partial charge on any atom is -0.545 e. The van der Waals surface area contributed by atoms with Crippen molar-refractivity contribution in [2.45, 2.75) is 289 Å². The summed E-state index contributed by atoms with van der Waals surface area (Å²) in [5, 5.41) is 11.8. The van der Waals surface area contributed by atoms with Crippen LogP contribution in [0.1, 0.15) is 277 Å². The van der Waals surface area contributed by atoms with Crippen LogP contribution in [0.15, 0.2) is 134 Å². The molecule has 2 unspecified atom stereocenters. The fourth-order valence-corrected chi connectivity index (χ4v) is 9.37. The van der Waals surface area contributed by atoms with E-state index in [9.17, 15) is 19.5 Å². The summed E-state index contributed by atoms with van der Waals surface area (Å²) in [6.07, 6.45) is 92.5. The summed E-state index contributed by atoms with van der Waals surface area (Å²) in [6, 6.07) is 0. The first-order valence-electron chi connectivity index (χ1n) is 34.8. The van der Waals surface area contributed by atoms with Crippen molar-refractivity contribution in [3.8, 4) is 0 Å². The topological polar surface area (TPSA) is 111 Å². The van der Waals surface area contributed by atoms with Gasteiger partial charge >= 0.3 is 11.9 Å². The van der Waals surface area contributed by atoms with Gasteiger partial charge in [-0.2, -0.15) is 0 Å². The lowest BCUT2D eigenvalue weighted by Gasteiger charge is -2.26. The van der Waals surface area contributed by atoms with Crippen molar-refractivity contribution in [1.82, 2.24) is 0 Å². The van der Waals surface area contributed by atoms with Crippen LogP contribution < -0.4 is 5.11 Å². The number of carbonyl (C=O) groups is 3. The molecule has 490 valence electrons. The minimum absolute atomic E-state index is 0.135. The average molecular weight is 1200 g/mol. The summed E-state index contributed by atoms with van der Waals surface area (Å²) < 4.78 is 22.7. The molecule has 2 atom stereocenters. The molecule has 0 spiro atoms. The number of hydrogen-bond donors (Lipinski definition) is 0. The van der Waals surface area contributed by atoms with E-state index in [1.54, 1.807) is 0 Å². The van der Waals surface area contributed by atoms with Crippen molar-refractivity contribution in [3.05, 3.63) is 134 Å². The molecule has 0 fully saturated rings. The first-order chi connectivity index (χ1) is 42.1. The number of unbranched alkanes of at least 4 members (excludes halogenated alkanes) is 26. The Bertz CT molecular complexity index is 1870. The summed E-state index contributed by atoms with van der Waals surface area (Å²) >= 11 is 0. The number of ether oxygens (including phenoxy) is 4. The molecular formula is C77H129NO8. The van der Waals surface area contributed by atoms with Crippen LogP contribution >= 0.6 is 0 Å². The molecule has 0 aliphatic carbocycles. The van der Waals surface area contributed by atoms with Gasteiger partial charge in [-0.25, -0.2) is 0 Å². The Labute approximate surface area is 529 Å². The van der Waals surface area contributed by atoms with Gasteiger partial charge in [-0.1, -0.05) is 302 Å². The SMILES string of the molecule is CC/C=C\C/C=C\C/C=C\C/C=C\C/C=C\C/C=C\C/C=C\C/C=C\C/C=C\C/C=C\C/C=C\CCCCCC(=O)OC(COC(=O)CCCCCCCCCCCCCCCCCCCCCCCCCC)COC(OCC[N+](C)(C)C)C(=O)[O-]. The second kappa shape index (κ2) is 66.4. The molecule has 0 rings (SSSR count). The fraction of sp³-hybridized carbons (Fsp3) is 0.675. The monoisotopic (exact) mass is 1200 g/mol. The number of aliphatic carboxylic acids is 1. The zero-order chi connectivity index (χ0) is 62.6. The maximum atomic E-state index is 12.9. The van der Waals surface area contributed by atoms with Crippen molar-refractivity contribution in [3.63, 3.8) is 0 Å². The number of quaternary nitrogens is 1. The molecular weight excluding hydrogens is 1070 g/mol. The molecule has 0 aromatic rings. The lowest BCUT2D eigenvalue weighted by molar-refractivity contribution is -0.870. The summed E-state index contributed by atoms with van der Waals surface area (Å²) in [4.78, 5) is 37.5. The standard InChI is InChI=1S/C77H129NO8/c1-6-8-10-12-14-16-18-20-22-24-26-28-30-32-33-34-35-36-37-38-39-40-41-42-43-44-46-48-50-52-54-56-58-60-62-64-66-68-75(80)86-73(72-85-77(76(81)82)83-70-69-78(3,4)5)71-84-74(79)67-65-63-61-59-57-55-53-51-49-47-45-31-29-27-25-23-21-19-17-15-13-11-9-7-2/h8,10,14,16,20,22,26,28,32-33,35-36,38-39,41-42,44,46,50,52,56,58,73,77H,6-7,9,11-13,15,17-19,21,23-25,27,29-31,34,37,40,43,45,47-49,51,53-55,57,59-72H2,1-5H3/b10-8-,16-14-,22-20-,28-26-,33-32-,36-35-,39-38-,42-41-,46-44-,52-50-,58-56-. The Hall–Kier alpha value is -4.57. The van der Waals surface area contributed by atoms with E-state index >= 15 is 0 Å². The van der Waals surface area contributed by atoms with Gasteiger partial charge in [0.15, 0.2) is 12.4 Å². The summed E-state index contributed by atoms with van der Waals surface area (Å²) in [6.45, 7) is 4.61. The molecule has 0 heterocycles. The maximum absolute atomic E-state index is 12.9. The van der Waals surface area contributed by atoms with E-state index in [0.29, 0.717) is 17.4 Å². The van der Waals surface area contributed by atoms with E-state index < -0.39 is 24.3 Å². The Morgan fingerprint density at radius 1 is 0.360 bits per heavy atom. The molecule has 86 heavy (non-hydrogen) atoms. The highest BCUT2D eigenvalue weighted by molar-refractivity contribution is 5.70. The zero-order valence-electron chi connectivity index (χ0n) is 55.9. The van der Waals surface area contributed by atoms with Crippen molar-refractivity contribution in [1.29, 1.82) is 0 Å². The van der Waals surface area contributed by atoms with Gasteiger partial charge in [0.05, 0.1) is 40.3 Å². The third-order valence-corrected chi connectivity index (χ3v) is 14.7. The van der Waals surface area contributed by atoms with Crippen LogP contribution in [-0.4, -0.2) is 82.3 Å². The van der Waals surface area contributed by atoms with Gasteiger partial charge in [-0.15, -0.1) is 0 Å². The number of esters is 2. The number of carboxylic acid groups (broad SMARTS) is 1. The molecule has 9 nitrogen and oxygen atoms in total. The highest BCUT2D eigenvalue weighted by Crippen LogP contribution is 2.17. The lowest BCUT2D eigenvalue weighted by Crippen LogP contribution is -2.44. The predicted octanol–water partition coefficient (Wildman–Crippen LogP) is 20.4. The van der Waals surface area contributed by atoms with Crippen LogP contribution in [0, 0.1) is 0 Å². The number of allylic oxidation sites excluding steroid dienone is 22. The van der Waals surface area contributed by atoms with Gasteiger partial charge in [0.1, 0.15) is 13.2 Å². The highest BCUT2D eigenvalue weighted by atomic mass is 16.7. The molecule has 0 radical (unpaired) electrons. The normalized spacial score (nSPS) is 13.5. The molecule has 0 saturated heterocycles. The van der Waals surface area contributed by atoms with Crippen LogP contribution in [-0.2, 0) is 33.3 Å². The van der Waals surface area contributed by atoms with Crippen molar-refractivity contribution in [2.24, 2.45) is 0 Å². The number of hydrogen-bond acceptors (Lipinski definition) is 8. The number of nitrogens with zero attached hydrogens (tertiary/aromatic N) is 1. The van der Waals surface area contributed by atoms with Gasteiger partial charge < -0.3 is 33.3 Å². The lowest BCUT2D eigenvalue weighted by atomic mass is 10.0. The van der Waals surface area contributed by atoms with Crippen molar-refractivity contribution < 1.29 is 42.9 Å². The van der Waals surface area contributed by atoms with Crippen LogP contribution in [0.2, 0.25) is 0 Å². The third-order valence-electron chi connectivity index (χ3n) is 14.7. The molecule has 0 N–H and O–H groups in total. The van der Waals surface area contributed by atoms with Crippen molar-refractivity contribution >= 4 is 17.9 Å². The van der Waals surface area contributed by atoms with E-state index in [-0.39, 0.29) is 38.6 Å². The Morgan fingerprint density at radius 3 is 0.988 bits per heavy atom. The molecule has 0 aromatic heterocycles. The predicted molar refractivity (Wildman–Crippen MR) is 366 cm³/mol. The Morgan fingerprint density at radius 2 is 0.663 bits per heavy atom. The Kier molecular flexibility index (Phi) is 62.9. The third kappa shape index (κ3) is 66.9. The maximum Gasteiger partial charge on any atom is 0.306 e. The Balaban J connectivity index is 4.25. The zero-order valence-corrected chi connectivity index (χ0v) is 55.9. The van der Waals surface area contributed by atoms with Crippen LogP contribution in [0.25, 0.3) is 0 Å². The molecule has 0 aromatic carbocycles. The fourth-order valence-electron chi connectivity index (χ4n) is 9.37. The molecule has 0 amide bonds. The second-order valence-corrected chi connectivity index (χ2v) is 24.1. The molecule has 0 aliphatic heterocycles. The van der Waals surface area contributed by atoms with Crippen LogP contribution in [0.4, 0.5) is 0 Å². The average Bonchev–Trinajstić information content (AvgIpc) is 3.64. The van der Waals surface area contributed by atoms with Gasteiger partial charge in [0.25, 0.3) is 0 Å². The van der Waals surface area contributed by atoms with E-state index in [2.05, 4.69) is 148 Å². The molecule has 9 heteroatoms. The number of carboxylic acids is 1. The smallest absolute Gasteiger partial charge is 0.306 e. The first kappa shape index (κ1) is 81.4. The minimum atomic E-state index is -1.64. The van der Waals surface area contributed by atoms with E-state index in [1.165, 1.54) is 135 Å². The van der Waals surface area contributed by atoms with Gasteiger partial charge in [0, 0.05) is 12.8 Å².